The first-order valence-electron chi connectivity index (χ1n) is 9.15. The third-order valence-corrected chi connectivity index (χ3v) is 5.04. The van der Waals surface area contributed by atoms with Crippen LogP contribution in [0.25, 0.3) is 0 Å². The molecule has 0 bridgehead atoms. The Kier molecular flexibility index (Phi) is 7.67. The number of hydrogen-bond acceptors (Lipinski definition) is 2. The van der Waals surface area contributed by atoms with E-state index in [1.165, 1.54) is 56.9 Å². The second-order valence-electron chi connectivity index (χ2n) is 6.81. The minimum atomic E-state index is -2.18. The number of benzene rings is 1. The minimum absolute atomic E-state index is 0.267. The van der Waals surface area contributed by atoms with E-state index in [1.807, 2.05) is 12.1 Å². The molecule has 0 aromatic heterocycles. The third-order valence-electron chi connectivity index (χ3n) is 5.04. The van der Waals surface area contributed by atoms with Gasteiger partial charge in [-0.3, -0.25) is 0 Å². The lowest BCUT2D eigenvalue weighted by Gasteiger charge is -2.29. The Morgan fingerprint density at radius 2 is 1.83 bits per heavy atom. The van der Waals surface area contributed by atoms with Crippen LogP contribution < -0.4 is 0 Å². The van der Waals surface area contributed by atoms with Crippen molar-refractivity contribution in [2.45, 2.75) is 70.6 Å². The molecule has 1 unspecified atom stereocenters. The molecule has 0 aliphatic heterocycles. The molecule has 1 fully saturated rings. The van der Waals surface area contributed by atoms with Crippen molar-refractivity contribution < 1.29 is 18.3 Å². The molecule has 1 aromatic rings. The summed E-state index contributed by atoms with van der Waals surface area (Å²) in [5, 5.41) is 0. The second kappa shape index (κ2) is 9.75. The number of esters is 1. The minimum Gasteiger partial charge on any atom is -0.425 e. The first-order chi connectivity index (χ1) is 11.6. The van der Waals surface area contributed by atoms with Crippen molar-refractivity contribution in [3.8, 4) is 0 Å². The average Bonchev–Trinajstić information content (AvgIpc) is 2.62. The van der Waals surface area contributed by atoms with Crippen LogP contribution >= 0.6 is 0 Å². The maximum atomic E-state index is 12.8. The fraction of sp³-hybridized carbons (Fsp3) is 0.650. The van der Waals surface area contributed by atoms with Crippen molar-refractivity contribution in [2.75, 3.05) is 6.67 Å². The van der Waals surface area contributed by atoms with E-state index in [0.717, 1.165) is 5.92 Å². The third kappa shape index (κ3) is 5.57. The van der Waals surface area contributed by atoms with Gasteiger partial charge in [-0.05, 0) is 55.2 Å². The van der Waals surface area contributed by atoms with Gasteiger partial charge >= 0.3 is 5.97 Å². The zero-order valence-corrected chi connectivity index (χ0v) is 14.5. The van der Waals surface area contributed by atoms with Crippen LogP contribution in [0.4, 0.5) is 8.78 Å². The van der Waals surface area contributed by atoms with E-state index in [2.05, 4.69) is 11.7 Å². The molecule has 0 spiro atoms. The summed E-state index contributed by atoms with van der Waals surface area (Å²) >= 11 is 0. The number of carbonyl (C=O) groups excluding carboxylic acids is 1. The monoisotopic (exact) mass is 338 g/mol. The highest BCUT2D eigenvalue weighted by molar-refractivity contribution is 5.89. The number of carbonyl (C=O) groups is 1. The van der Waals surface area contributed by atoms with Crippen molar-refractivity contribution in [2.24, 2.45) is 5.92 Å². The molecule has 1 aliphatic carbocycles. The standard InChI is InChI=1S/C20H28F2O2/c1-2-3-4-5-15-6-8-16(9-7-15)17-10-12-18(13-11-17)20(23)24-19(22)14-21/h10-13,15-16,19H,2-9,14H2,1H3/t15-,16-,19?. The average molecular weight is 338 g/mol. The molecule has 4 heteroatoms. The van der Waals surface area contributed by atoms with Gasteiger partial charge in [-0.25, -0.2) is 9.18 Å². The Labute approximate surface area is 143 Å². The van der Waals surface area contributed by atoms with E-state index >= 15 is 0 Å². The topological polar surface area (TPSA) is 26.3 Å². The van der Waals surface area contributed by atoms with E-state index in [-0.39, 0.29) is 5.56 Å². The van der Waals surface area contributed by atoms with Crippen LogP contribution in [0.2, 0.25) is 0 Å². The Morgan fingerprint density at radius 3 is 2.42 bits per heavy atom. The maximum Gasteiger partial charge on any atom is 0.340 e. The maximum absolute atomic E-state index is 12.8. The molecule has 0 N–H and O–H groups in total. The van der Waals surface area contributed by atoms with Gasteiger partial charge in [0.05, 0.1) is 5.56 Å². The number of hydrogen-bond donors (Lipinski definition) is 0. The first kappa shape index (κ1) is 18.9. The van der Waals surface area contributed by atoms with Crippen molar-refractivity contribution in [1.82, 2.24) is 0 Å². The fourth-order valence-corrected chi connectivity index (χ4v) is 3.57. The Balaban J connectivity index is 1.82. The van der Waals surface area contributed by atoms with Crippen LogP contribution in [-0.2, 0) is 4.74 Å². The molecule has 0 radical (unpaired) electrons. The molecule has 0 amide bonds. The van der Waals surface area contributed by atoms with Crippen LogP contribution in [0.3, 0.4) is 0 Å². The largest absolute Gasteiger partial charge is 0.425 e. The number of alkyl halides is 2. The molecule has 24 heavy (non-hydrogen) atoms. The van der Waals surface area contributed by atoms with Gasteiger partial charge in [0.15, 0.2) is 6.67 Å². The molecule has 1 aromatic carbocycles. The van der Waals surface area contributed by atoms with Crippen LogP contribution in [0.1, 0.15) is 80.1 Å². The van der Waals surface area contributed by atoms with Gasteiger partial charge in [0, 0.05) is 0 Å². The molecule has 1 atom stereocenters. The smallest absolute Gasteiger partial charge is 0.340 e. The Morgan fingerprint density at radius 1 is 1.17 bits per heavy atom. The summed E-state index contributed by atoms with van der Waals surface area (Å²) in [6.45, 7) is 0.924. The highest BCUT2D eigenvalue weighted by Crippen LogP contribution is 2.37. The normalized spacial score (nSPS) is 22.1. The van der Waals surface area contributed by atoms with Gasteiger partial charge in [-0.1, -0.05) is 44.7 Å². The van der Waals surface area contributed by atoms with E-state index in [9.17, 15) is 13.6 Å². The number of unbranched alkanes of at least 4 members (excludes halogenated alkanes) is 2. The summed E-state index contributed by atoms with van der Waals surface area (Å²) < 4.78 is 29.2. The van der Waals surface area contributed by atoms with Crippen LogP contribution in [-0.4, -0.2) is 19.0 Å². The number of rotatable bonds is 8. The summed E-state index contributed by atoms with van der Waals surface area (Å²) in [4.78, 5) is 11.6. The zero-order chi connectivity index (χ0) is 17.4. The lowest BCUT2D eigenvalue weighted by atomic mass is 9.77. The van der Waals surface area contributed by atoms with Gasteiger partial charge in [0.25, 0.3) is 6.36 Å². The van der Waals surface area contributed by atoms with E-state index in [1.54, 1.807) is 12.1 Å². The molecule has 2 nitrogen and oxygen atoms in total. The van der Waals surface area contributed by atoms with Crippen LogP contribution in [0.15, 0.2) is 24.3 Å². The summed E-state index contributed by atoms with van der Waals surface area (Å²) in [5.41, 5.74) is 1.49. The summed E-state index contributed by atoms with van der Waals surface area (Å²) in [7, 11) is 0. The van der Waals surface area contributed by atoms with Crippen molar-refractivity contribution in [1.29, 1.82) is 0 Å². The number of ether oxygens (including phenoxy) is 1. The van der Waals surface area contributed by atoms with Crippen molar-refractivity contribution in [3.05, 3.63) is 35.4 Å². The summed E-state index contributed by atoms with van der Waals surface area (Å²) in [6, 6.07) is 7.13. The number of halogens is 2. The quantitative estimate of drug-likeness (QED) is 0.431. The van der Waals surface area contributed by atoms with E-state index < -0.39 is 19.0 Å². The highest BCUT2D eigenvalue weighted by atomic mass is 19.2. The Bertz CT molecular complexity index is 493. The predicted molar refractivity (Wildman–Crippen MR) is 91.6 cm³/mol. The van der Waals surface area contributed by atoms with E-state index in [0.29, 0.717) is 5.92 Å². The van der Waals surface area contributed by atoms with Gasteiger partial charge < -0.3 is 4.74 Å². The van der Waals surface area contributed by atoms with Gasteiger partial charge in [-0.2, -0.15) is 4.39 Å². The second-order valence-corrected chi connectivity index (χ2v) is 6.81. The molecule has 134 valence electrons. The predicted octanol–water partition coefficient (Wildman–Crippen LogP) is 5.96. The first-order valence-corrected chi connectivity index (χ1v) is 9.15. The molecular weight excluding hydrogens is 310 g/mol. The molecule has 1 aliphatic rings. The van der Waals surface area contributed by atoms with Gasteiger partial charge in [0.2, 0.25) is 0 Å². The van der Waals surface area contributed by atoms with Gasteiger partial charge in [0.1, 0.15) is 0 Å². The Hall–Kier alpha value is -1.45. The van der Waals surface area contributed by atoms with E-state index in [4.69, 9.17) is 0 Å². The molecule has 0 heterocycles. The lowest BCUT2D eigenvalue weighted by Crippen LogP contribution is -2.16. The molecule has 2 rings (SSSR count). The fourth-order valence-electron chi connectivity index (χ4n) is 3.57. The molecule has 1 saturated carbocycles. The zero-order valence-electron chi connectivity index (χ0n) is 14.5. The van der Waals surface area contributed by atoms with Crippen molar-refractivity contribution >= 4 is 5.97 Å². The highest BCUT2D eigenvalue weighted by Gasteiger charge is 2.22. The SMILES string of the molecule is CCCCC[C@H]1CC[C@H](c2ccc(C(=O)OC(F)CF)cc2)CC1. The summed E-state index contributed by atoms with van der Waals surface area (Å²) in [6.07, 6.45) is 8.06. The van der Waals surface area contributed by atoms with Crippen LogP contribution in [0.5, 0.6) is 0 Å². The summed E-state index contributed by atoms with van der Waals surface area (Å²) in [5.74, 6) is 0.591. The molecular formula is C20H28F2O2. The lowest BCUT2D eigenvalue weighted by molar-refractivity contribution is -0.0254. The van der Waals surface area contributed by atoms with Gasteiger partial charge in [-0.15, -0.1) is 0 Å². The van der Waals surface area contributed by atoms with Crippen molar-refractivity contribution in [3.63, 3.8) is 0 Å². The van der Waals surface area contributed by atoms with Crippen LogP contribution in [0, 0.1) is 5.92 Å². The molecule has 0 saturated heterocycles.